The first kappa shape index (κ1) is 13.3. The van der Waals surface area contributed by atoms with E-state index in [4.69, 9.17) is 4.74 Å². The summed E-state index contributed by atoms with van der Waals surface area (Å²) in [5.41, 5.74) is -0.263. The van der Waals surface area contributed by atoms with Crippen LogP contribution in [-0.2, 0) is 14.3 Å². The Balaban J connectivity index is 2.14. The highest BCUT2D eigenvalue weighted by atomic mass is 16.5. The lowest BCUT2D eigenvalue weighted by Crippen LogP contribution is -2.65. The Labute approximate surface area is 108 Å². The number of amides is 2. The van der Waals surface area contributed by atoms with Gasteiger partial charge in [-0.1, -0.05) is 20.8 Å². The summed E-state index contributed by atoms with van der Waals surface area (Å²) in [6.07, 6.45) is 1.88. The van der Waals surface area contributed by atoms with E-state index in [0.29, 0.717) is 6.61 Å². The summed E-state index contributed by atoms with van der Waals surface area (Å²) >= 11 is 0. The van der Waals surface area contributed by atoms with E-state index in [1.54, 1.807) is 4.90 Å². The molecule has 5 nitrogen and oxygen atoms in total. The maximum atomic E-state index is 12.5. The fourth-order valence-corrected chi connectivity index (χ4v) is 2.53. The molecule has 2 rings (SSSR count). The molecule has 0 saturated carbocycles. The zero-order valence-electron chi connectivity index (χ0n) is 11.4. The average Bonchev–Trinajstić information content (AvgIpc) is 2.31. The molecule has 0 bridgehead atoms. The first-order valence-corrected chi connectivity index (χ1v) is 6.57. The van der Waals surface area contributed by atoms with E-state index in [2.05, 4.69) is 5.32 Å². The van der Waals surface area contributed by atoms with Crippen molar-refractivity contribution < 1.29 is 14.3 Å². The van der Waals surface area contributed by atoms with Crippen LogP contribution in [0.2, 0.25) is 0 Å². The van der Waals surface area contributed by atoms with E-state index in [-0.39, 0.29) is 29.8 Å². The van der Waals surface area contributed by atoms with Gasteiger partial charge in [-0.3, -0.25) is 9.59 Å². The van der Waals surface area contributed by atoms with Gasteiger partial charge in [0.05, 0.1) is 19.2 Å². The predicted molar refractivity (Wildman–Crippen MR) is 66.9 cm³/mol. The molecular formula is C13H22N2O3. The highest BCUT2D eigenvalue weighted by Gasteiger charge is 2.42. The van der Waals surface area contributed by atoms with Gasteiger partial charge in [0.15, 0.2) is 0 Å². The van der Waals surface area contributed by atoms with Gasteiger partial charge in [0, 0.05) is 6.61 Å². The molecule has 2 amide bonds. The number of hydrogen-bond acceptors (Lipinski definition) is 3. The van der Waals surface area contributed by atoms with Gasteiger partial charge in [0.25, 0.3) is 0 Å². The smallest absolute Gasteiger partial charge is 0.246 e. The summed E-state index contributed by atoms with van der Waals surface area (Å²) in [6.45, 7) is 7.38. The molecule has 2 fully saturated rings. The Morgan fingerprint density at radius 2 is 2.06 bits per heavy atom. The standard InChI is InChI=1S/C13H22N2O3/c1-13(2,3)11-12(17)15(7-10(16)14-11)9-5-4-6-18-8-9/h9,11H,4-8H2,1-3H3,(H,14,16). The molecule has 0 aromatic carbocycles. The van der Waals surface area contributed by atoms with Crippen LogP contribution in [0.1, 0.15) is 33.6 Å². The zero-order valence-corrected chi connectivity index (χ0v) is 11.4. The highest BCUT2D eigenvalue weighted by molar-refractivity contribution is 5.95. The van der Waals surface area contributed by atoms with Crippen molar-refractivity contribution in [2.75, 3.05) is 19.8 Å². The number of piperazine rings is 1. The van der Waals surface area contributed by atoms with Crippen molar-refractivity contribution in [3.63, 3.8) is 0 Å². The zero-order chi connectivity index (χ0) is 13.3. The van der Waals surface area contributed by atoms with Crippen LogP contribution >= 0.6 is 0 Å². The Morgan fingerprint density at radius 1 is 1.33 bits per heavy atom. The second-order valence-electron chi connectivity index (χ2n) is 6.20. The van der Waals surface area contributed by atoms with Gasteiger partial charge < -0.3 is 15.0 Å². The van der Waals surface area contributed by atoms with Crippen LogP contribution in [0.5, 0.6) is 0 Å². The van der Waals surface area contributed by atoms with Gasteiger partial charge in [-0.05, 0) is 18.3 Å². The Hall–Kier alpha value is -1.10. The first-order chi connectivity index (χ1) is 8.39. The molecule has 0 radical (unpaired) electrons. The minimum atomic E-state index is -0.430. The molecule has 2 aliphatic heterocycles. The van der Waals surface area contributed by atoms with Gasteiger partial charge in [0.2, 0.25) is 11.8 Å². The molecule has 0 aliphatic carbocycles. The summed E-state index contributed by atoms with van der Waals surface area (Å²) in [4.78, 5) is 25.9. The fourth-order valence-electron chi connectivity index (χ4n) is 2.53. The number of hydrogen-bond donors (Lipinski definition) is 1. The van der Waals surface area contributed by atoms with Crippen molar-refractivity contribution in [1.82, 2.24) is 10.2 Å². The second-order valence-corrected chi connectivity index (χ2v) is 6.20. The van der Waals surface area contributed by atoms with Crippen molar-refractivity contribution in [1.29, 1.82) is 0 Å². The van der Waals surface area contributed by atoms with Crippen LogP contribution in [0, 0.1) is 5.41 Å². The number of carbonyl (C=O) groups excluding carboxylic acids is 2. The third-order valence-corrected chi connectivity index (χ3v) is 3.59. The van der Waals surface area contributed by atoms with E-state index in [1.165, 1.54) is 0 Å². The maximum Gasteiger partial charge on any atom is 0.246 e. The maximum absolute atomic E-state index is 12.5. The third-order valence-electron chi connectivity index (χ3n) is 3.59. The van der Waals surface area contributed by atoms with Gasteiger partial charge in [-0.15, -0.1) is 0 Å². The van der Waals surface area contributed by atoms with Crippen LogP contribution in [0.3, 0.4) is 0 Å². The average molecular weight is 254 g/mol. The molecule has 2 atom stereocenters. The quantitative estimate of drug-likeness (QED) is 0.743. The molecule has 0 spiro atoms. The summed E-state index contributed by atoms with van der Waals surface area (Å²) in [6, 6.07) is -0.372. The minimum absolute atomic E-state index is 0.0256. The van der Waals surface area contributed by atoms with Crippen molar-refractivity contribution in [2.24, 2.45) is 5.41 Å². The molecule has 0 aromatic rings. The molecule has 102 valence electrons. The summed E-state index contributed by atoms with van der Waals surface area (Å²) < 4.78 is 5.41. The second kappa shape index (κ2) is 4.88. The lowest BCUT2D eigenvalue weighted by molar-refractivity contribution is -0.152. The van der Waals surface area contributed by atoms with Crippen molar-refractivity contribution in [3.8, 4) is 0 Å². The number of nitrogens with one attached hydrogen (secondary N) is 1. The lowest BCUT2D eigenvalue weighted by atomic mass is 9.84. The van der Waals surface area contributed by atoms with E-state index in [0.717, 1.165) is 19.4 Å². The normalized spacial score (nSPS) is 30.3. The lowest BCUT2D eigenvalue weighted by Gasteiger charge is -2.43. The molecule has 2 heterocycles. The summed E-state index contributed by atoms with van der Waals surface area (Å²) in [5.74, 6) is -0.0438. The Bertz CT molecular complexity index is 343. The third kappa shape index (κ3) is 2.66. The van der Waals surface area contributed by atoms with Gasteiger partial charge in [0.1, 0.15) is 6.04 Å². The topological polar surface area (TPSA) is 58.6 Å². The van der Waals surface area contributed by atoms with Crippen LogP contribution < -0.4 is 5.32 Å². The van der Waals surface area contributed by atoms with Crippen molar-refractivity contribution in [2.45, 2.75) is 45.7 Å². The number of ether oxygens (including phenoxy) is 1. The van der Waals surface area contributed by atoms with E-state index in [9.17, 15) is 9.59 Å². The van der Waals surface area contributed by atoms with E-state index >= 15 is 0 Å². The molecular weight excluding hydrogens is 232 g/mol. The van der Waals surface area contributed by atoms with Gasteiger partial charge in [-0.2, -0.15) is 0 Å². The minimum Gasteiger partial charge on any atom is -0.379 e. The molecule has 2 aliphatic rings. The molecule has 5 heteroatoms. The molecule has 2 saturated heterocycles. The number of carbonyl (C=O) groups is 2. The van der Waals surface area contributed by atoms with Crippen LogP contribution in [-0.4, -0.2) is 48.6 Å². The van der Waals surface area contributed by atoms with Crippen molar-refractivity contribution >= 4 is 11.8 Å². The summed E-state index contributed by atoms with van der Waals surface area (Å²) in [7, 11) is 0. The van der Waals surface area contributed by atoms with Crippen molar-refractivity contribution in [3.05, 3.63) is 0 Å². The predicted octanol–water partition coefficient (Wildman–Crippen LogP) is 0.538. The monoisotopic (exact) mass is 254 g/mol. The van der Waals surface area contributed by atoms with Gasteiger partial charge >= 0.3 is 0 Å². The highest BCUT2D eigenvalue weighted by Crippen LogP contribution is 2.25. The van der Waals surface area contributed by atoms with Crippen LogP contribution in [0.25, 0.3) is 0 Å². The first-order valence-electron chi connectivity index (χ1n) is 6.57. The van der Waals surface area contributed by atoms with Crippen LogP contribution in [0.15, 0.2) is 0 Å². The molecule has 18 heavy (non-hydrogen) atoms. The molecule has 1 N–H and O–H groups in total. The molecule has 0 aromatic heterocycles. The Kier molecular flexibility index (Phi) is 3.61. The summed E-state index contributed by atoms with van der Waals surface area (Å²) in [5, 5.41) is 2.80. The number of rotatable bonds is 1. The fraction of sp³-hybridized carbons (Fsp3) is 0.846. The number of nitrogens with zero attached hydrogens (tertiary/aromatic N) is 1. The molecule has 2 unspecified atom stereocenters. The Morgan fingerprint density at radius 3 is 2.61 bits per heavy atom. The van der Waals surface area contributed by atoms with Crippen LogP contribution in [0.4, 0.5) is 0 Å². The van der Waals surface area contributed by atoms with E-state index < -0.39 is 6.04 Å². The SMILES string of the molecule is CC(C)(C)C1NC(=O)CN(C2CCCOC2)C1=O. The van der Waals surface area contributed by atoms with Gasteiger partial charge in [-0.25, -0.2) is 0 Å². The van der Waals surface area contributed by atoms with E-state index in [1.807, 2.05) is 20.8 Å². The largest absolute Gasteiger partial charge is 0.379 e.